The van der Waals surface area contributed by atoms with Gasteiger partial charge in [-0.2, -0.15) is 0 Å². The molecule has 0 radical (unpaired) electrons. The molecule has 0 N–H and O–H groups in total. The Morgan fingerprint density at radius 2 is 0.583 bits per heavy atom. The zero-order valence-electron chi connectivity index (χ0n) is 23.1. The molecule has 0 aliphatic heterocycles. The molecule has 0 rings (SSSR count). The Morgan fingerprint density at radius 3 is 0.861 bits per heavy atom. The lowest BCUT2D eigenvalue weighted by molar-refractivity contribution is -0.122. The predicted octanol–water partition coefficient (Wildman–Crippen LogP) is 1.45. The minimum Gasteiger partial charge on any atom is -0.382 e. The van der Waals surface area contributed by atoms with Gasteiger partial charge in [0.2, 0.25) is 0 Å². The van der Waals surface area contributed by atoms with Crippen LogP contribution in [0, 0.1) is 5.41 Å². The van der Waals surface area contributed by atoms with E-state index < -0.39 is 5.41 Å². The normalized spacial score (nSPS) is 12.0. The summed E-state index contributed by atoms with van der Waals surface area (Å²) in [5.41, 5.74) is -0.504. The van der Waals surface area contributed by atoms with E-state index in [-0.39, 0.29) is 0 Å². The summed E-state index contributed by atoms with van der Waals surface area (Å²) >= 11 is 0. The summed E-state index contributed by atoms with van der Waals surface area (Å²) in [4.78, 5) is 0. The van der Waals surface area contributed by atoms with Crippen LogP contribution >= 0.6 is 0 Å². The lowest BCUT2D eigenvalue weighted by Gasteiger charge is -2.33. The van der Waals surface area contributed by atoms with Crippen molar-refractivity contribution in [1.82, 2.24) is 0 Å². The Balaban J connectivity index is 4.77. The molecule has 36 heavy (non-hydrogen) atoms. The Hall–Kier alpha value is -0.440. The fourth-order valence-electron chi connectivity index (χ4n) is 2.86. The molecule has 0 spiro atoms. The molecule has 218 valence electrons. The van der Waals surface area contributed by atoms with Crippen LogP contribution in [0.15, 0.2) is 0 Å². The highest BCUT2D eigenvalue weighted by molar-refractivity contribution is 4.79. The van der Waals surface area contributed by atoms with Crippen molar-refractivity contribution < 1.29 is 52.1 Å². The lowest BCUT2D eigenvalue weighted by atomic mass is 9.92. The summed E-state index contributed by atoms with van der Waals surface area (Å²) in [6, 6.07) is 0. The highest BCUT2D eigenvalue weighted by Crippen LogP contribution is 2.21. The van der Waals surface area contributed by atoms with Gasteiger partial charge >= 0.3 is 0 Å². The molecule has 0 saturated carbocycles. The average molecular weight is 529 g/mol. The fraction of sp³-hybridized carbons (Fsp3) is 1.00. The quantitative estimate of drug-likeness (QED) is 0.122. The number of rotatable bonds is 31. The molecule has 0 aromatic heterocycles. The minimum atomic E-state index is -0.504. The van der Waals surface area contributed by atoms with Gasteiger partial charge in [-0.3, -0.25) is 0 Å². The molecule has 0 aliphatic carbocycles. The van der Waals surface area contributed by atoms with Crippen molar-refractivity contribution in [2.24, 2.45) is 5.41 Å². The van der Waals surface area contributed by atoms with Crippen LogP contribution in [-0.2, 0) is 52.1 Å². The summed E-state index contributed by atoms with van der Waals surface area (Å²) in [6.07, 6.45) is 0.977. The highest BCUT2D eigenvalue weighted by atomic mass is 16.6. The second kappa shape index (κ2) is 29.1. The van der Waals surface area contributed by atoms with Crippen molar-refractivity contribution >= 4 is 0 Å². The van der Waals surface area contributed by atoms with Crippen LogP contribution in [-0.4, -0.2) is 147 Å². The molecule has 0 heterocycles. The first-order valence-corrected chi connectivity index (χ1v) is 12.8. The van der Waals surface area contributed by atoms with E-state index in [0.717, 1.165) is 13.0 Å². The van der Waals surface area contributed by atoms with Gasteiger partial charge < -0.3 is 52.1 Å². The van der Waals surface area contributed by atoms with Crippen molar-refractivity contribution in [1.29, 1.82) is 0 Å². The summed E-state index contributed by atoms with van der Waals surface area (Å²) in [7, 11) is 4.94. The zero-order valence-corrected chi connectivity index (χ0v) is 23.1. The van der Waals surface area contributed by atoms with Gasteiger partial charge in [-0.15, -0.1) is 0 Å². The number of methoxy groups -OCH3 is 3. The van der Waals surface area contributed by atoms with E-state index in [2.05, 4.69) is 6.92 Å². The van der Waals surface area contributed by atoms with Crippen LogP contribution < -0.4 is 0 Å². The van der Waals surface area contributed by atoms with Crippen LogP contribution in [0.2, 0.25) is 0 Å². The Kier molecular flexibility index (Phi) is 28.8. The van der Waals surface area contributed by atoms with Crippen LogP contribution in [0.5, 0.6) is 0 Å². The topological polar surface area (TPSA) is 102 Å². The molecular weight excluding hydrogens is 476 g/mol. The molecule has 0 unspecified atom stereocenters. The molecule has 0 amide bonds. The maximum absolute atomic E-state index is 5.97. The van der Waals surface area contributed by atoms with Crippen molar-refractivity contribution in [3.8, 4) is 0 Å². The smallest absolute Gasteiger partial charge is 0.0701 e. The highest BCUT2D eigenvalue weighted by Gasteiger charge is 2.32. The van der Waals surface area contributed by atoms with Crippen molar-refractivity contribution in [2.45, 2.75) is 13.3 Å². The van der Waals surface area contributed by atoms with E-state index in [9.17, 15) is 0 Å². The van der Waals surface area contributed by atoms with Gasteiger partial charge in [-0.1, -0.05) is 6.92 Å². The van der Waals surface area contributed by atoms with Crippen molar-refractivity contribution in [3.05, 3.63) is 0 Å². The van der Waals surface area contributed by atoms with Crippen molar-refractivity contribution in [3.63, 3.8) is 0 Å². The number of ether oxygens (including phenoxy) is 11. The fourth-order valence-corrected chi connectivity index (χ4v) is 2.86. The molecule has 11 nitrogen and oxygen atoms in total. The van der Waals surface area contributed by atoms with Gasteiger partial charge in [-0.25, -0.2) is 0 Å². The number of hydrogen-bond acceptors (Lipinski definition) is 11. The Labute approximate surface area is 218 Å². The van der Waals surface area contributed by atoms with E-state index in [0.29, 0.717) is 119 Å². The summed E-state index contributed by atoms with van der Waals surface area (Å²) in [6.45, 7) is 11.5. The van der Waals surface area contributed by atoms with Gasteiger partial charge in [-0.05, 0) is 6.42 Å². The third-order valence-corrected chi connectivity index (χ3v) is 4.76. The Bertz CT molecular complexity index is 370. The second-order valence-corrected chi connectivity index (χ2v) is 8.14. The summed E-state index contributed by atoms with van der Waals surface area (Å²) in [5, 5.41) is 0. The zero-order chi connectivity index (χ0) is 26.4. The van der Waals surface area contributed by atoms with Gasteiger partial charge in [0.05, 0.1) is 124 Å². The maximum atomic E-state index is 5.97. The molecule has 0 fully saturated rings. The van der Waals surface area contributed by atoms with E-state index >= 15 is 0 Å². The molecular formula is C25H52O11. The van der Waals surface area contributed by atoms with E-state index in [1.165, 1.54) is 0 Å². The molecule has 0 bridgehead atoms. The lowest BCUT2D eigenvalue weighted by Crippen LogP contribution is -2.43. The largest absolute Gasteiger partial charge is 0.382 e. The predicted molar refractivity (Wildman–Crippen MR) is 135 cm³/mol. The van der Waals surface area contributed by atoms with Crippen LogP contribution in [0.4, 0.5) is 0 Å². The van der Waals surface area contributed by atoms with Crippen molar-refractivity contribution in [2.75, 3.05) is 147 Å². The maximum Gasteiger partial charge on any atom is 0.0701 e. The second-order valence-electron chi connectivity index (χ2n) is 8.14. The van der Waals surface area contributed by atoms with Crippen LogP contribution in [0.3, 0.4) is 0 Å². The summed E-state index contributed by atoms with van der Waals surface area (Å²) < 4.78 is 60.9. The molecule has 0 atom stereocenters. The first-order chi connectivity index (χ1) is 17.7. The standard InChI is InChI=1S/C25H52O11/c1-5-6-29-13-17-33-21-25(22-34-18-14-30-10-7-26-2,23-35-19-15-31-11-8-27-3)24-36-20-16-32-12-9-28-4/h5-24H2,1-4H3. The minimum absolute atomic E-state index is 0.394. The van der Waals surface area contributed by atoms with E-state index in [1.807, 2.05) is 0 Å². The van der Waals surface area contributed by atoms with Gasteiger partial charge in [0.1, 0.15) is 0 Å². The third-order valence-electron chi connectivity index (χ3n) is 4.76. The molecule has 0 aliphatic rings. The monoisotopic (exact) mass is 528 g/mol. The van der Waals surface area contributed by atoms with E-state index in [1.54, 1.807) is 21.3 Å². The van der Waals surface area contributed by atoms with Gasteiger partial charge in [0, 0.05) is 27.9 Å². The summed E-state index contributed by atoms with van der Waals surface area (Å²) in [5.74, 6) is 0. The molecule has 0 aromatic carbocycles. The molecule has 11 heteroatoms. The van der Waals surface area contributed by atoms with E-state index in [4.69, 9.17) is 52.1 Å². The van der Waals surface area contributed by atoms with Gasteiger partial charge in [0.15, 0.2) is 0 Å². The third kappa shape index (κ3) is 23.9. The average Bonchev–Trinajstić information content (AvgIpc) is 2.89. The van der Waals surface area contributed by atoms with Crippen LogP contribution in [0.1, 0.15) is 13.3 Å². The van der Waals surface area contributed by atoms with Crippen LogP contribution in [0.25, 0.3) is 0 Å². The Morgan fingerprint density at radius 1 is 0.333 bits per heavy atom. The number of hydrogen-bond donors (Lipinski definition) is 0. The SMILES string of the molecule is CCCOCCOCC(COCCOCCOC)(COCCOCCOC)COCCOCCOC. The molecule has 0 aromatic rings. The van der Waals surface area contributed by atoms with Gasteiger partial charge in [0.25, 0.3) is 0 Å². The first kappa shape index (κ1) is 35.6. The first-order valence-electron chi connectivity index (χ1n) is 12.8. The molecule has 0 saturated heterocycles.